The Balaban J connectivity index is 2.06. The number of hydrogen-bond acceptors (Lipinski definition) is 2. The highest BCUT2D eigenvalue weighted by Crippen LogP contribution is 2.73. The fourth-order valence-corrected chi connectivity index (χ4v) is 5.47. The zero-order chi connectivity index (χ0) is 6.06. The van der Waals surface area contributed by atoms with Crippen LogP contribution in [0.5, 0.6) is 0 Å². The summed E-state index contributed by atoms with van der Waals surface area (Å²) in [5.74, 6) is 0. The molecule has 0 aromatic heterocycles. The van der Waals surface area contributed by atoms with Crippen LogP contribution in [-0.2, 0) is 0 Å². The van der Waals surface area contributed by atoms with Gasteiger partial charge in [-0.05, 0) is 0 Å². The summed E-state index contributed by atoms with van der Waals surface area (Å²) >= 11 is 7.92. The van der Waals surface area contributed by atoms with E-state index >= 15 is 0 Å². The molecule has 0 spiro atoms. The summed E-state index contributed by atoms with van der Waals surface area (Å²) in [6.07, 6.45) is 4.71. The molecule has 3 rings (SSSR count). The first-order chi connectivity index (χ1) is 4.31. The molecule has 4 unspecified atom stereocenters. The number of alkyl halides is 1. The van der Waals surface area contributed by atoms with E-state index in [-0.39, 0.29) is 0 Å². The molecule has 0 saturated carbocycles. The maximum Gasteiger partial charge on any atom is 0.0999 e. The number of thioether (sulfide) groups is 2. The van der Waals surface area contributed by atoms with Crippen molar-refractivity contribution in [3.63, 3.8) is 0 Å². The molecule has 3 heteroatoms. The molecular weight excluding hydrogens is 216 g/mol. The molecule has 0 bridgehead atoms. The van der Waals surface area contributed by atoms with Gasteiger partial charge in [-0.3, -0.25) is 0 Å². The quantitative estimate of drug-likeness (QED) is 0.349. The van der Waals surface area contributed by atoms with Crippen molar-refractivity contribution in [3.05, 3.63) is 12.2 Å². The highest BCUT2D eigenvalue weighted by molar-refractivity contribution is 9.13. The van der Waals surface area contributed by atoms with Gasteiger partial charge < -0.3 is 0 Å². The monoisotopic (exact) mass is 220 g/mol. The van der Waals surface area contributed by atoms with E-state index < -0.39 is 0 Å². The number of halogens is 1. The number of rotatable bonds is 0. The summed E-state index contributed by atoms with van der Waals surface area (Å²) < 4.78 is 0.483. The second kappa shape index (κ2) is 1.41. The van der Waals surface area contributed by atoms with Gasteiger partial charge >= 0.3 is 0 Å². The standard InChI is InChI=1S/C6H5BrS2/c7-6-4(9-6)2-1-3-5(6)8-3/h1-5H. The summed E-state index contributed by atoms with van der Waals surface area (Å²) in [6, 6.07) is 0. The summed E-state index contributed by atoms with van der Waals surface area (Å²) in [5.41, 5.74) is 0. The second-order valence-electron chi connectivity index (χ2n) is 2.64. The summed E-state index contributed by atoms with van der Waals surface area (Å²) in [6.45, 7) is 0. The van der Waals surface area contributed by atoms with Crippen LogP contribution in [-0.4, -0.2) is 19.4 Å². The molecule has 0 amide bonds. The van der Waals surface area contributed by atoms with E-state index in [4.69, 9.17) is 0 Å². The molecule has 0 nitrogen and oxygen atoms in total. The van der Waals surface area contributed by atoms with Gasteiger partial charge in [0.05, 0.1) is 3.66 Å². The molecule has 2 aliphatic heterocycles. The van der Waals surface area contributed by atoms with Crippen LogP contribution in [0.4, 0.5) is 0 Å². The Labute approximate surface area is 71.0 Å². The van der Waals surface area contributed by atoms with Crippen LogP contribution in [0, 0.1) is 0 Å². The normalized spacial score (nSPS) is 66.6. The van der Waals surface area contributed by atoms with Gasteiger partial charge in [-0.1, -0.05) is 28.1 Å². The first-order valence-electron chi connectivity index (χ1n) is 3.01. The van der Waals surface area contributed by atoms with Gasteiger partial charge in [0, 0.05) is 15.7 Å². The molecule has 2 saturated heterocycles. The van der Waals surface area contributed by atoms with Crippen molar-refractivity contribution in [2.24, 2.45) is 0 Å². The zero-order valence-electron chi connectivity index (χ0n) is 4.58. The smallest absolute Gasteiger partial charge is 0.0999 e. The Bertz CT molecular complexity index is 203. The van der Waals surface area contributed by atoms with Crippen molar-refractivity contribution in [3.8, 4) is 0 Å². The van der Waals surface area contributed by atoms with Gasteiger partial charge in [0.25, 0.3) is 0 Å². The molecule has 0 N–H and O–H groups in total. The Morgan fingerprint density at radius 2 is 2.33 bits per heavy atom. The lowest BCUT2D eigenvalue weighted by Gasteiger charge is -2.03. The number of fused-ring (bicyclic) bond motifs is 3. The van der Waals surface area contributed by atoms with Crippen molar-refractivity contribution in [2.45, 2.75) is 19.4 Å². The van der Waals surface area contributed by atoms with Crippen LogP contribution in [0.25, 0.3) is 0 Å². The fourth-order valence-electron chi connectivity index (χ4n) is 1.36. The lowest BCUT2D eigenvalue weighted by Crippen LogP contribution is -2.16. The van der Waals surface area contributed by atoms with Gasteiger partial charge in [-0.25, -0.2) is 0 Å². The van der Waals surface area contributed by atoms with Crippen LogP contribution >= 0.6 is 39.5 Å². The maximum atomic E-state index is 3.76. The Hall–Kier alpha value is 0.920. The van der Waals surface area contributed by atoms with Gasteiger partial charge in [0.1, 0.15) is 0 Å². The van der Waals surface area contributed by atoms with Gasteiger partial charge in [-0.15, -0.1) is 23.5 Å². The Morgan fingerprint density at radius 1 is 1.44 bits per heavy atom. The Morgan fingerprint density at radius 3 is 3.11 bits per heavy atom. The van der Waals surface area contributed by atoms with E-state index in [9.17, 15) is 0 Å². The third-order valence-electron chi connectivity index (χ3n) is 2.03. The Kier molecular flexibility index (Phi) is 0.870. The molecule has 0 aromatic rings. The predicted molar refractivity (Wildman–Crippen MR) is 47.3 cm³/mol. The summed E-state index contributed by atoms with van der Waals surface area (Å²) in [7, 11) is 0. The van der Waals surface area contributed by atoms with Crippen molar-refractivity contribution in [2.75, 3.05) is 0 Å². The average Bonchev–Trinajstić information content (AvgIpc) is 2.52. The predicted octanol–water partition coefficient (Wildman–Crippen LogP) is 2.25. The number of hydrogen-bond donors (Lipinski definition) is 0. The van der Waals surface area contributed by atoms with Gasteiger partial charge in [0.15, 0.2) is 0 Å². The zero-order valence-corrected chi connectivity index (χ0v) is 7.80. The molecule has 2 fully saturated rings. The van der Waals surface area contributed by atoms with Crippen molar-refractivity contribution in [1.82, 2.24) is 0 Å². The van der Waals surface area contributed by atoms with E-state index in [2.05, 4.69) is 51.6 Å². The summed E-state index contributed by atoms with van der Waals surface area (Å²) in [5, 5.41) is 2.56. The van der Waals surface area contributed by atoms with Crippen LogP contribution in [0.3, 0.4) is 0 Å². The third-order valence-corrected chi connectivity index (χ3v) is 7.12. The van der Waals surface area contributed by atoms with Crippen LogP contribution in [0.1, 0.15) is 0 Å². The lowest BCUT2D eigenvalue weighted by atomic mass is 10.1. The molecular formula is C6H5BrS2. The van der Waals surface area contributed by atoms with Crippen molar-refractivity contribution < 1.29 is 0 Å². The maximum absolute atomic E-state index is 3.76. The molecule has 48 valence electrons. The highest BCUT2D eigenvalue weighted by Gasteiger charge is 2.67. The molecule has 3 aliphatic rings. The highest BCUT2D eigenvalue weighted by atomic mass is 79.9. The minimum Gasteiger partial charge on any atom is -0.146 e. The SMILES string of the molecule is BrC12SC1C=CC1SC12. The first-order valence-corrected chi connectivity index (χ1v) is 5.63. The molecule has 0 radical (unpaired) electrons. The molecule has 0 aromatic carbocycles. The average molecular weight is 221 g/mol. The largest absolute Gasteiger partial charge is 0.146 e. The van der Waals surface area contributed by atoms with Crippen molar-refractivity contribution >= 4 is 39.5 Å². The minimum absolute atomic E-state index is 0.483. The van der Waals surface area contributed by atoms with E-state index in [0.29, 0.717) is 3.66 Å². The minimum atomic E-state index is 0.483. The second-order valence-corrected chi connectivity index (χ2v) is 7.22. The van der Waals surface area contributed by atoms with E-state index in [1.54, 1.807) is 0 Å². The third kappa shape index (κ3) is 0.589. The van der Waals surface area contributed by atoms with Gasteiger partial charge in [-0.2, -0.15) is 0 Å². The van der Waals surface area contributed by atoms with Crippen LogP contribution in [0.2, 0.25) is 0 Å². The topological polar surface area (TPSA) is 0 Å². The van der Waals surface area contributed by atoms with Gasteiger partial charge in [0.2, 0.25) is 0 Å². The summed E-state index contributed by atoms with van der Waals surface area (Å²) in [4.78, 5) is 0. The van der Waals surface area contributed by atoms with Crippen molar-refractivity contribution in [1.29, 1.82) is 0 Å². The van der Waals surface area contributed by atoms with E-state index in [1.807, 2.05) is 0 Å². The van der Waals surface area contributed by atoms with E-state index in [0.717, 1.165) is 15.7 Å². The van der Waals surface area contributed by atoms with E-state index in [1.165, 1.54) is 0 Å². The van der Waals surface area contributed by atoms with Crippen LogP contribution < -0.4 is 0 Å². The fraction of sp³-hybridized carbons (Fsp3) is 0.667. The van der Waals surface area contributed by atoms with Crippen LogP contribution in [0.15, 0.2) is 12.2 Å². The molecule has 2 heterocycles. The molecule has 1 aliphatic carbocycles. The molecule has 9 heavy (non-hydrogen) atoms. The lowest BCUT2D eigenvalue weighted by molar-refractivity contribution is 0.896. The molecule has 4 atom stereocenters. The first kappa shape index (κ1) is 5.56.